The average Bonchev–Trinajstić information content (AvgIpc) is 2.03. The Morgan fingerprint density at radius 2 is 1.91 bits per heavy atom. The second-order valence-corrected chi connectivity index (χ2v) is 2.45. The van der Waals surface area contributed by atoms with E-state index in [0.29, 0.717) is 6.42 Å². The maximum Gasteiger partial charge on any atom is 0.137 e. The molecule has 2 radical (unpaired) electrons. The Labute approximate surface area is 67.1 Å². The fourth-order valence-electron chi connectivity index (χ4n) is 0.912. The van der Waals surface area contributed by atoms with E-state index in [9.17, 15) is 4.79 Å². The number of hydrogen-bond donors (Lipinski definition) is 0. The molecule has 0 N–H and O–H groups in total. The average molecular weight is 146 g/mol. The van der Waals surface area contributed by atoms with E-state index in [1.807, 2.05) is 30.3 Å². The van der Waals surface area contributed by atoms with E-state index in [4.69, 9.17) is 6.92 Å². The Kier molecular flexibility index (Phi) is 2.84. The van der Waals surface area contributed by atoms with Crippen molar-refractivity contribution in [1.29, 1.82) is 0 Å². The van der Waals surface area contributed by atoms with Crippen LogP contribution < -0.4 is 0 Å². The summed E-state index contributed by atoms with van der Waals surface area (Å²) in [6, 6.07) is 9.84. The zero-order valence-electron chi connectivity index (χ0n) is 6.29. The standard InChI is InChI=1S/C10H10O/c1-9(11)7-8-10-5-3-2-4-6-10/h1-6H,7-8H2. The third-order valence-electron chi connectivity index (χ3n) is 1.50. The second kappa shape index (κ2) is 3.91. The van der Waals surface area contributed by atoms with Gasteiger partial charge in [0.05, 0.1) is 0 Å². The molecule has 1 aromatic rings. The molecule has 1 rings (SSSR count). The van der Waals surface area contributed by atoms with E-state index in [1.54, 1.807) is 0 Å². The Morgan fingerprint density at radius 1 is 1.27 bits per heavy atom. The lowest BCUT2D eigenvalue weighted by Gasteiger charge is -1.96. The molecule has 11 heavy (non-hydrogen) atoms. The fourth-order valence-corrected chi connectivity index (χ4v) is 0.912. The van der Waals surface area contributed by atoms with Gasteiger partial charge in [-0.25, -0.2) is 0 Å². The minimum Gasteiger partial charge on any atom is -0.299 e. The van der Waals surface area contributed by atoms with Gasteiger partial charge in [-0.15, -0.1) is 0 Å². The maximum atomic E-state index is 10.4. The molecular weight excluding hydrogens is 136 g/mol. The van der Waals surface area contributed by atoms with E-state index in [0.717, 1.165) is 12.0 Å². The number of aryl methyl sites for hydroxylation is 1. The van der Waals surface area contributed by atoms with Gasteiger partial charge in [0.2, 0.25) is 0 Å². The van der Waals surface area contributed by atoms with E-state index >= 15 is 0 Å². The van der Waals surface area contributed by atoms with Crippen LogP contribution in [0.25, 0.3) is 0 Å². The third kappa shape index (κ3) is 2.99. The summed E-state index contributed by atoms with van der Waals surface area (Å²) < 4.78 is 0. The first-order valence-corrected chi connectivity index (χ1v) is 3.61. The van der Waals surface area contributed by atoms with Crippen molar-refractivity contribution in [1.82, 2.24) is 0 Å². The summed E-state index contributed by atoms with van der Waals surface area (Å²) in [7, 11) is 0. The van der Waals surface area contributed by atoms with Gasteiger partial charge in [0.1, 0.15) is 5.78 Å². The van der Waals surface area contributed by atoms with Crippen LogP contribution in [0.1, 0.15) is 12.0 Å². The predicted molar refractivity (Wildman–Crippen MR) is 44.1 cm³/mol. The van der Waals surface area contributed by atoms with Gasteiger partial charge in [-0.1, -0.05) is 30.3 Å². The Balaban J connectivity index is 2.45. The highest BCUT2D eigenvalue weighted by atomic mass is 16.1. The topological polar surface area (TPSA) is 17.1 Å². The van der Waals surface area contributed by atoms with Gasteiger partial charge in [-0.2, -0.15) is 0 Å². The minimum atomic E-state index is -0.242. The van der Waals surface area contributed by atoms with Crippen molar-refractivity contribution in [3.05, 3.63) is 42.8 Å². The number of carbonyl (C=O) groups excluding carboxylic acids is 1. The summed E-state index contributed by atoms with van der Waals surface area (Å²) in [5.41, 5.74) is 1.16. The van der Waals surface area contributed by atoms with Gasteiger partial charge in [0.15, 0.2) is 0 Å². The summed E-state index contributed by atoms with van der Waals surface area (Å²) >= 11 is 0. The van der Waals surface area contributed by atoms with Gasteiger partial charge in [0, 0.05) is 13.3 Å². The van der Waals surface area contributed by atoms with Gasteiger partial charge in [0.25, 0.3) is 0 Å². The van der Waals surface area contributed by atoms with E-state index in [2.05, 4.69) is 0 Å². The molecule has 0 aliphatic rings. The van der Waals surface area contributed by atoms with Crippen LogP contribution >= 0.6 is 0 Å². The highest BCUT2D eigenvalue weighted by Crippen LogP contribution is 2.01. The highest BCUT2D eigenvalue weighted by Gasteiger charge is 1.94. The summed E-state index contributed by atoms with van der Waals surface area (Å²) in [5, 5.41) is 0. The summed E-state index contributed by atoms with van der Waals surface area (Å²) in [6.45, 7) is 5.00. The first-order valence-electron chi connectivity index (χ1n) is 3.61. The largest absolute Gasteiger partial charge is 0.299 e. The van der Waals surface area contributed by atoms with Crippen LogP contribution in [0.2, 0.25) is 0 Å². The molecule has 0 saturated heterocycles. The first kappa shape index (κ1) is 7.99. The van der Waals surface area contributed by atoms with Crippen molar-refractivity contribution in [3.8, 4) is 0 Å². The van der Waals surface area contributed by atoms with Gasteiger partial charge >= 0.3 is 0 Å². The van der Waals surface area contributed by atoms with Crippen LogP contribution in [0.4, 0.5) is 0 Å². The summed E-state index contributed by atoms with van der Waals surface area (Å²) in [5.74, 6) is -0.242. The smallest absolute Gasteiger partial charge is 0.137 e. The van der Waals surface area contributed by atoms with Crippen molar-refractivity contribution < 1.29 is 4.79 Å². The molecule has 0 aromatic heterocycles. The van der Waals surface area contributed by atoms with Crippen molar-refractivity contribution >= 4 is 5.78 Å². The van der Waals surface area contributed by atoms with Gasteiger partial charge < -0.3 is 0 Å². The van der Waals surface area contributed by atoms with Crippen molar-refractivity contribution in [2.24, 2.45) is 0 Å². The number of carbonyl (C=O) groups is 1. The third-order valence-corrected chi connectivity index (χ3v) is 1.50. The zero-order chi connectivity index (χ0) is 8.10. The highest BCUT2D eigenvalue weighted by molar-refractivity contribution is 5.82. The molecule has 0 saturated carbocycles. The molecule has 0 heterocycles. The van der Waals surface area contributed by atoms with Crippen LogP contribution in [0.15, 0.2) is 30.3 Å². The number of ketones is 1. The SMILES string of the molecule is [CH]C(=O)CCc1ccccc1. The number of Topliss-reactive ketones (excluding diaryl/α,β-unsaturated/α-hetero) is 1. The van der Waals surface area contributed by atoms with Crippen LogP contribution in [0, 0.1) is 6.92 Å². The molecule has 1 nitrogen and oxygen atoms in total. The van der Waals surface area contributed by atoms with Crippen LogP contribution in [0.3, 0.4) is 0 Å². The molecule has 0 bridgehead atoms. The molecule has 0 spiro atoms. The molecule has 1 heteroatoms. The van der Waals surface area contributed by atoms with Crippen molar-refractivity contribution in [2.75, 3.05) is 0 Å². The molecule has 56 valence electrons. The molecule has 0 aliphatic heterocycles. The molecule has 0 amide bonds. The summed E-state index contributed by atoms with van der Waals surface area (Å²) in [4.78, 5) is 10.4. The Bertz CT molecular complexity index is 226. The lowest BCUT2D eigenvalue weighted by molar-refractivity contribution is -0.114. The van der Waals surface area contributed by atoms with Crippen LogP contribution in [-0.4, -0.2) is 5.78 Å². The van der Waals surface area contributed by atoms with E-state index < -0.39 is 0 Å². The van der Waals surface area contributed by atoms with Crippen molar-refractivity contribution in [3.63, 3.8) is 0 Å². The van der Waals surface area contributed by atoms with Gasteiger partial charge in [-0.3, -0.25) is 4.79 Å². The zero-order valence-corrected chi connectivity index (χ0v) is 6.29. The predicted octanol–water partition coefficient (Wildman–Crippen LogP) is 1.90. The first-order chi connectivity index (χ1) is 5.29. The van der Waals surface area contributed by atoms with Crippen LogP contribution in [0.5, 0.6) is 0 Å². The lowest BCUT2D eigenvalue weighted by atomic mass is 10.1. The maximum absolute atomic E-state index is 10.4. The molecule has 0 aliphatic carbocycles. The summed E-state index contributed by atoms with van der Waals surface area (Å²) in [6.07, 6.45) is 1.18. The Morgan fingerprint density at radius 3 is 2.45 bits per heavy atom. The minimum absolute atomic E-state index is 0.242. The number of benzene rings is 1. The lowest BCUT2D eigenvalue weighted by Crippen LogP contribution is -1.93. The molecule has 0 fully saturated rings. The quantitative estimate of drug-likeness (QED) is 0.636. The van der Waals surface area contributed by atoms with E-state index in [-0.39, 0.29) is 5.78 Å². The number of hydrogen-bond acceptors (Lipinski definition) is 1. The fraction of sp³-hybridized carbons (Fsp3) is 0.200. The molecule has 0 atom stereocenters. The molecular formula is C10H10O. The molecule has 1 aromatic carbocycles. The molecule has 0 unspecified atom stereocenters. The van der Waals surface area contributed by atoms with Gasteiger partial charge in [-0.05, 0) is 12.0 Å². The number of rotatable bonds is 3. The van der Waals surface area contributed by atoms with Crippen LogP contribution in [-0.2, 0) is 11.2 Å². The van der Waals surface area contributed by atoms with Crippen molar-refractivity contribution in [2.45, 2.75) is 12.8 Å². The Hall–Kier alpha value is -1.11. The normalized spacial score (nSPS) is 9.55. The monoisotopic (exact) mass is 146 g/mol. The van der Waals surface area contributed by atoms with E-state index in [1.165, 1.54) is 0 Å². The second-order valence-electron chi connectivity index (χ2n) is 2.45.